The molecule has 4 rings (SSSR count). The van der Waals surface area contributed by atoms with E-state index in [0.29, 0.717) is 11.6 Å². The zero-order valence-electron chi connectivity index (χ0n) is 15.4. The van der Waals surface area contributed by atoms with Gasteiger partial charge in [-0.2, -0.15) is 4.31 Å². The molecule has 0 aromatic heterocycles. The third-order valence-corrected chi connectivity index (χ3v) is 7.61. The Morgan fingerprint density at radius 3 is 2.39 bits per heavy atom. The number of hydrogen-bond donors (Lipinski definition) is 0. The van der Waals surface area contributed by atoms with Crippen molar-refractivity contribution in [2.45, 2.75) is 23.6 Å². The fourth-order valence-corrected chi connectivity index (χ4v) is 5.74. The van der Waals surface area contributed by atoms with Crippen LogP contribution in [0.25, 0.3) is 0 Å². The largest absolute Gasteiger partial charge is 0.371 e. The van der Waals surface area contributed by atoms with Gasteiger partial charge in [-0.3, -0.25) is 4.79 Å². The fraction of sp³-hybridized carbons (Fsp3) is 0.350. The van der Waals surface area contributed by atoms with Crippen molar-refractivity contribution in [3.63, 3.8) is 0 Å². The molecule has 2 fully saturated rings. The number of fused-ring (bicyclic) bond motifs is 1. The Kier molecular flexibility index (Phi) is 5.18. The first-order chi connectivity index (χ1) is 13.4. The number of benzene rings is 2. The summed E-state index contributed by atoms with van der Waals surface area (Å²) in [6.07, 6.45) is -0.626. The van der Waals surface area contributed by atoms with Crippen LogP contribution in [0.3, 0.4) is 0 Å². The van der Waals surface area contributed by atoms with Gasteiger partial charge in [0.05, 0.1) is 10.9 Å². The highest BCUT2D eigenvalue weighted by molar-refractivity contribution is 7.89. The number of hydrogen-bond acceptors (Lipinski definition) is 4. The molecule has 0 bridgehead atoms. The molecule has 0 spiro atoms. The minimum absolute atomic E-state index is 0.0788. The molecule has 1 amide bonds. The SMILES string of the molecule is CO[C@@H]1C(=O)N(Cc2ccccc2)[C@@H]2CN(S(=O)(=O)c3ccc(Cl)cc3)C[C@H]12. The molecule has 0 aliphatic carbocycles. The van der Waals surface area contributed by atoms with E-state index in [1.165, 1.54) is 23.5 Å². The van der Waals surface area contributed by atoms with Crippen LogP contribution >= 0.6 is 11.6 Å². The predicted molar refractivity (Wildman–Crippen MR) is 105 cm³/mol. The van der Waals surface area contributed by atoms with Crippen molar-refractivity contribution in [1.29, 1.82) is 0 Å². The zero-order valence-corrected chi connectivity index (χ0v) is 16.9. The van der Waals surface area contributed by atoms with Crippen LogP contribution in [0, 0.1) is 5.92 Å². The lowest BCUT2D eigenvalue weighted by molar-refractivity contribution is -0.138. The van der Waals surface area contributed by atoms with Gasteiger partial charge < -0.3 is 9.64 Å². The summed E-state index contributed by atoms with van der Waals surface area (Å²) >= 11 is 5.88. The number of carbonyl (C=O) groups is 1. The summed E-state index contributed by atoms with van der Waals surface area (Å²) < 4.78 is 33.0. The number of likely N-dealkylation sites (tertiary alicyclic amines) is 1. The van der Waals surface area contributed by atoms with Crippen LogP contribution in [-0.2, 0) is 26.1 Å². The van der Waals surface area contributed by atoms with E-state index in [1.54, 1.807) is 17.0 Å². The van der Waals surface area contributed by atoms with E-state index >= 15 is 0 Å². The lowest BCUT2D eigenvalue weighted by Crippen LogP contribution is -2.40. The van der Waals surface area contributed by atoms with E-state index in [1.807, 2.05) is 30.3 Å². The van der Waals surface area contributed by atoms with Crippen LogP contribution in [0.5, 0.6) is 0 Å². The van der Waals surface area contributed by atoms with Crippen molar-refractivity contribution in [3.8, 4) is 0 Å². The number of halogens is 1. The minimum Gasteiger partial charge on any atom is -0.371 e. The van der Waals surface area contributed by atoms with Gasteiger partial charge in [-0.05, 0) is 29.8 Å². The second-order valence-corrected chi connectivity index (χ2v) is 9.49. The van der Waals surface area contributed by atoms with Gasteiger partial charge in [-0.1, -0.05) is 41.9 Å². The molecule has 0 saturated carbocycles. The Hall–Kier alpha value is -1.93. The zero-order chi connectivity index (χ0) is 19.9. The Bertz CT molecular complexity index is 965. The molecule has 2 aromatic carbocycles. The quantitative estimate of drug-likeness (QED) is 0.744. The summed E-state index contributed by atoms with van der Waals surface area (Å²) in [6.45, 7) is 0.953. The summed E-state index contributed by atoms with van der Waals surface area (Å²) in [7, 11) is -2.16. The third-order valence-electron chi connectivity index (χ3n) is 5.52. The molecule has 2 aliphatic rings. The van der Waals surface area contributed by atoms with E-state index in [4.69, 9.17) is 16.3 Å². The Morgan fingerprint density at radius 1 is 1.07 bits per heavy atom. The maximum Gasteiger partial charge on any atom is 0.252 e. The van der Waals surface area contributed by atoms with Crippen molar-refractivity contribution >= 4 is 27.5 Å². The molecule has 2 aliphatic heterocycles. The number of amides is 1. The average molecular weight is 421 g/mol. The van der Waals surface area contributed by atoms with E-state index in [2.05, 4.69) is 0 Å². The molecule has 0 radical (unpaired) electrons. The van der Waals surface area contributed by atoms with E-state index in [9.17, 15) is 13.2 Å². The second kappa shape index (κ2) is 7.48. The smallest absolute Gasteiger partial charge is 0.252 e. The molecule has 2 saturated heterocycles. The average Bonchev–Trinajstić information content (AvgIpc) is 3.22. The van der Waals surface area contributed by atoms with Crippen molar-refractivity contribution in [3.05, 3.63) is 65.2 Å². The van der Waals surface area contributed by atoms with Crippen molar-refractivity contribution in [1.82, 2.24) is 9.21 Å². The standard InChI is InChI=1S/C20H21ClN2O4S/c1-27-19-17-12-22(28(25,26)16-9-7-15(21)8-10-16)13-18(17)23(20(19)24)11-14-5-3-2-4-6-14/h2-10,17-19H,11-13H2,1H3/t17-,18+,19-/m0/s1. The summed E-state index contributed by atoms with van der Waals surface area (Å²) in [5.74, 6) is -0.270. The predicted octanol–water partition coefficient (Wildman–Crippen LogP) is 2.39. The topological polar surface area (TPSA) is 66.9 Å². The number of carbonyl (C=O) groups excluding carboxylic acids is 1. The number of rotatable bonds is 5. The lowest BCUT2D eigenvalue weighted by Gasteiger charge is -2.25. The molecule has 6 nitrogen and oxygen atoms in total. The highest BCUT2D eigenvalue weighted by atomic mass is 35.5. The number of sulfonamides is 1. The Labute approximate surface area is 169 Å². The van der Waals surface area contributed by atoms with Gasteiger partial charge in [0.2, 0.25) is 10.0 Å². The maximum atomic E-state index is 13.1. The van der Waals surface area contributed by atoms with Gasteiger partial charge in [0.15, 0.2) is 0 Å². The fourth-order valence-electron chi connectivity index (χ4n) is 4.12. The summed E-state index contributed by atoms with van der Waals surface area (Å²) in [6, 6.07) is 15.6. The van der Waals surface area contributed by atoms with Crippen LogP contribution in [0.2, 0.25) is 5.02 Å². The molecule has 8 heteroatoms. The summed E-state index contributed by atoms with van der Waals surface area (Å²) in [5, 5.41) is 0.483. The molecular formula is C20H21ClN2O4S. The summed E-state index contributed by atoms with van der Waals surface area (Å²) in [4.78, 5) is 14.8. The van der Waals surface area contributed by atoms with Gasteiger partial charge in [0.25, 0.3) is 5.91 Å². The van der Waals surface area contributed by atoms with Gasteiger partial charge in [-0.15, -0.1) is 0 Å². The van der Waals surface area contributed by atoms with Crippen LogP contribution in [-0.4, -0.2) is 55.9 Å². The van der Waals surface area contributed by atoms with Gasteiger partial charge in [0.1, 0.15) is 6.10 Å². The van der Waals surface area contributed by atoms with Crippen molar-refractivity contribution in [2.24, 2.45) is 5.92 Å². The van der Waals surface area contributed by atoms with Gasteiger partial charge in [0, 0.05) is 37.7 Å². The Balaban J connectivity index is 1.60. The molecule has 2 heterocycles. The van der Waals surface area contributed by atoms with Crippen LogP contribution < -0.4 is 0 Å². The minimum atomic E-state index is -3.66. The van der Waals surface area contributed by atoms with Crippen LogP contribution in [0.1, 0.15) is 5.56 Å². The van der Waals surface area contributed by atoms with E-state index in [0.717, 1.165) is 5.56 Å². The molecular weight excluding hydrogens is 400 g/mol. The third kappa shape index (κ3) is 3.33. The highest BCUT2D eigenvalue weighted by Crippen LogP contribution is 2.37. The van der Waals surface area contributed by atoms with E-state index in [-0.39, 0.29) is 35.9 Å². The van der Waals surface area contributed by atoms with Crippen LogP contribution in [0.15, 0.2) is 59.5 Å². The maximum absolute atomic E-state index is 13.1. The normalized spacial score (nSPS) is 25.3. The van der Waals surface area contributed by atoms with Crippen LogP contribution in [0.4, 0.5) is 0 Å². The molecule has 3 atom stereocenters. The van der Waals surface area contributed by atoms with Crippen molar-refractivity contribution in [2.75, 3.05) is 20.2 Å². The van der Waals surface area contributed by atoms with E-state index < -0.39 is 16.1 Å². The molecule has 148 valence electrons. The lowest BCUT2D eigenvalue weighted by atomic mass is 10.0. The molecule has 0 unspecified atom stereocenters. The summed E-state index contributed by atoms with van der Waals surface area (Å²) in [5.41, 5.74) is 1.00. The molecule has 0 N–H and O–H groups in total. The molecule has 28 heavy (non-hydrogen) atoms. The molecule has 2 aromatic rings. The number of nitrogens with zero attached hydrogens (tertiary/aromatic N) is 2. The van der Waals surface area contributed by atoms with Crippen molar-refractivity contribution < 1.29 is 17.9 Å². The number of methoxy groups -OCH3 is 1. The second-order valence-electron chi connectivity index (χ2n) is 7.12. The first-order valence-electron chi connectivity index (χ1n) is 9.05. The highest BCUT2D eigenvalue weighted by Gasteiger charge is 2.54. The van der Waals surface area contributed by atoms with Gasteiger partial charge in [-0.25, -0.2) is 8.42 Å². The monoisotopic (exact) mass is 420 g/mol. The number of ether oxygens (including phenoxy) is 1. The Morgan fingerprint density at radius 2 is 1.75 bits per heavy atom. The first-order valence-corrected chi connectivity index (χ1v) is 10.9. The first kappa shape index (κ1) is 19.4. The van der Waals surface area contributed by atoms with Gasteiger partial charge >= 0.3 is 0 Å².